The van der Waals surface area contributed by atoms with Gasteiger partial charge < -0.3 is 15.1 Å². The molecule has 0 saturated carbocycles. The molecule has 0 aliphatic carbocycles. The van der Waals surface area contributed by atoms with E-state index >= 15 is 0 Å². The Morgan fingerprint density at radius 1 is 1.18 bits per heavy atom. The van der Waals surface area contributed by atoms with E-state index in [1.807, 2.05) is 60.3 Å². The van der Waals surface area contributed by atoms with Gasteiger partial charge in [0.05, 0.1) is 23.7 Å². The number of nitriles is 1. The van der Waals surface area contributed by atoms with Crippen LogP contribution in [0.2, 0.25) is 0 Å². The van der Waals surface area contributed by atoms with Crippen molar-refractivity contribution in [3.8, 4) is 6.07 Å². The summed E-state index contributed by atoms with van der Waals surface area (Å²) in [6, 6.07) is 18.3. The van der Waals surface area contributed by atoms with Crippen molar-refractivity contribution in [2.75, 3.05) is 40.7 Å². The Morgan fingerprint density at radius 2 is 1.88 bits per heavy atom. The molecule has 33 heavy (non-hydrogen) atoms. The molecule has 2 atom stereocenters. The molecular weight excluding hydrogens is 458 g/mol. The van der Waals surface area contributed by atoms with Gasteiger partial charge in [0.25, 0.3) is 5.91 Å². The quantitative estimate of drug-likeness (QED) is 0.517. The first-order valence-electron chi connectivity index (χ1n) is 10.3. The summed E-state index contributed by atoms with van der Waals surface area (Å²) < 4.78 is 24.5. The Bertz CT molecular complexity index is 1250. The summed E-state index contributed by atoms with van der Waals surface area (Å²) in [6.45, 7) is 0. The van der Waals surface area contributed by atoms with Gasteiger partial charge >= 0.3 is 0 Å². The van der Waals surface area contributed by atoms with Crippen LogP contribution in [-0.4, -0.2) is 56.4 Å². The Morgan fingerprint density at radius 3 is 2.52 bits per heavy atom. The summed E-state index contributed by atoms with van der Waals surface area (Å²) in [5.74, 6) is -0.431. The molecule has 0 radical (unpaired) electrons. The van der Waals surface area contributed by atoms with Crippen LogP contribution in [0.25, 0.3) is 0 Å². The van der Waals surface area contributed by atoms with Crippen molar-refractivity contribution in [1.29, 1.82) is 5.26 Å². The molecule has 10 heteroatoms. The number of benzene rings is 2. The summed E-state index contributed by atoms with van der Waals surface area (Å²) in [6.07, 6.45) is 1.25. The zero-order chi connectivity index (χ0) is 23.6. The Hall–Kier alpha value is -3.29. The number of rotatable bonds is 5. The fraction of sp³-hybridized carbons (Fsp3) is 0.261. The summed E-state index contributed by atoms with van der Waals surface area (Å²) >= 11 is 1.37. The minimum Gasteiger partial charge on any atom is -0.378 e. The van der Waals surface area contributed by atoms with Gasteiger partial charge in [0.2, 0.25) is 0 Å². The largest absolute Gasteiger partial charge is 0.378 e. The number of nitrogens with zero attached hydrogens (tertiary/aromatic N) is 4. The van der Waals surface area contributed by atoms with E-state index in [1.165, 1.54) is 18.0 Å². The molecule has 2 saturated heterocycles. The van der Waals surface area contributed by atoms with Crippen LogP contribution in [-0.2, 0) is 14.6 Å². The van der Waals surface area contributed by atoms with E-state index in [9.17, 15) is 18.5 Å². The lowest BCUT2D eigenvalue weighted by molar-refractivity contribution is -0.112. The van der Waals surface area contributed by atoms with Gasteiger partial charge in [-0.3, -0.25) is 4.79 Å². The van der Waals surface area contributed by atoms with E-state index in [0.717, 1.165) is 11.4 Å². The topological polar surface area (TPSA) is 106 Å². The summed E-state index contributed by atoms with van der Waals surface area (Å²) in [5.41, 5.74) is 2.27. The molecule has 1 amide bonds. The number of amidine groups is 1. The normalized spacial score (nSPS) is 22.6. The number of carbonyl (C=O) groups is 1. The van der Waals surface area contributed by atoms with Gasteiger partial charge in [0.15, 0.2) is 15.0 Å². The molecule has 2 aliphatic heterocycles. The number of carbonyl (C=O) groups excluding carboxylic acids is 1. The Kier molecular flexibility index (Phi) is 6.44. The number of hydrogen-bond donors (Lipinski definition) is 1. The third kappa shape index (κ3) is 5.05. The molecule has 8 nitrogen and oxygen atoms in total. The maximum absolute atomic E-state index is 12.5. The number of fused-ring (bicyclic) bond motifs is 1. The molecular formula is C23H23N5O3S2. The second kappa shape index (κ2) is 9.29. The zero-order valence-corrected chi connectivity index (χ0v) is 19.8. The van der Waals surface area contributed by atoms with Gasteiger partial charge in [-0.25, -0.2) is 13.4 Å². The molecule has 2 aromatic carbocycles. The number of amides is 1. The Balaban J connectivity index is 1.64. The highest BCUT2D eigenvalue weighted by atomic mass is 32.2. The molecule has 2 heterocycles. The van der Waals surface area contributed by atoms with E-state index in [4.69, 9.17) is 0 Å². The van der Waals surface area contributed by atoms with Crippen LogP contribution in [0.15, 0.2) is 71.4 Å². The molecule has 0 spiro atoms. The van der Waals surface area contributed by atoms with Gasteiger partial charge in [-0.1, -0.05) is 30.0 Å². The summed E-state index contributed by atoms with van der Waals surface area (Å²) in [5, 5.41) is 12.6. The van der Waals surface area contributed by atoms with Crippen LogP contribution < -0.4 is 15.1 Å². The predicted octanol–water partition coefficient (Wildman–Crippen LogP) is 2.87. The van der Waals surface area contributed by atoms with Gasteiger partial charge in [-0.05, 0) is 36.4 Å². The van der Waals surface area contributed by atoms with Crippen LogP contribution in [0.5, 0.6) is 0 Å². The summed E-state index contributed by atoms with van der Waals surface area (Å²) in [4.78, 5) is 20.8. The van der Waals surface area contributed by atoms with Crippen LogP contribution in [0.3, 0.4) is 0 Å². The van der Waals surface area contributed by atoms with Crippen LogP contribution in [0.4, 0.5) is 17.1 Å². The number of para-hydroxylation sites is 1. The third-order valence-corrected chi connectivity index (χ3v) is 8.64. The minimum absolute atomic E-state index is 0.0441. The van der Waals surface area contributed by atoms with E-state index in [1.54, 1.807) is 24.3 Å². The maximum Gasteiger partial charge on any atom is 0.267 e. The van der Waals surface area contributed by atoms with E-state index in [2.05, 4.69) is 10.3 Å². The van der Waals surface area contributed by atoms with E-state index < -0.39 is 15.7 Å². The summed E-state index contributed by atoms with van der Waals surface area (Å²) in [7, 11) is 0.760. The average molecular weight is 482 g/mol. The molecule has 2 fully saturated rings. The lowest BCUT2D eigenvalue weighted by atomic mass is 10.2. The fourth-order valence-corrected chi connectivity index (χ4v) is 7.66. The van der Waals surface area contributed by atoms with E-state index in [0.29, 0.717) is 10.9 Å². The van der Waals surface area contributed by atoms with Crippen molar-refractivity contribution in [3.63, 3.8) is 0 Å². The van der Waals surface area contributed by atoms with E-state index in [-0.39, 0.29) is 28.4 Å². The van der Waals surface area contributed by atoms with Crippen LogP contribution in [0, 0.1) is 11.3 Å². The predicted molar refractivity (Wildman–Crippen MR) is 133 cm³/mol. The molecule has 0 bridgehead atoms. The number of hydrogen-bond acceptors (Lipinski definition) is 7. The highest BCUT2D eigenvalue weighted by Gasteiger charge is 2.49. The zero-order valence-electron chi connectivity index (χ0n) is 18.2. The first-order valence-corrected chi connectivity index (χ1v) is 13.0. The molecule has 0 aromatic heterocycles. The highest BCUT2D eigenvalue weighted by Crippen LogP contribution is 2.41. The highest BCUT2D eigenvalue weighted by molar-refractivity contribution is 8.16. The Labute approximate surface area is 197 Å². The second-order valence-electron chi connectivity index (χ2n) is 7.97. The van der Waals surface area contributed by atoms with Crippen molar-refractivity contribution >= 4 is 49.7 Å². The molecule has 2 aliphatic rings. The van der Waals surface area contributed by atoms with Gasteiger partial charge in [0, 0.05) is 36.4 Å². The van der Waals surface area contributed by atoms with Crippen molar-refractivity contribution in [3.05, 3.63) is 66.4 Å². The maximum atomic E-state index is 12.5. The van der Waals surface area contributed by atoms with Crippen molar-refractivity contribution in [2.24, 2.45) is 4.99 Å². The second-order valence-corrected chi connectivity index (χ2v) is 11.3. The van der Waals surface area contributed by atoms with Gasteiger partial charge in [0.1, 0.15) is 11.6 Å². The van der Waals surface area contributed by atoms with Crippen LogP contribution >= 0.6 is 11.8 Å². The van der Waals surface area contributed by atoms with Crippen molar-refractivity contribution < 1.29 is 13.2 Å². The molecule has 4 rings (SSSR count). The van der Waals surface area contributed by atoms with Crippen molar-refractivity contribution in [1.82, 2.24) is 0 Å². The fourth-order valence-electron chi connectivity index (χ4n) is 3.77. The molecule has 1 N–H and O–H groups in total. The minimum atomic E-state index is -3.13. The van der Waals surface area contributed by atoms with Gasteiger partial charge in [-0.2, -0.15) is 5.26 Å². The third-order valence-electron chi connectivity index (χ3n) is 5.41. The number of aliphatic imine (C=N–C) groups is 1. The smallest absolute Gasteiger partial charge is 0.267 e. The number of nitrogens with one attached hydrogen (secondary N) is 1. The first kappa shape index (κ1) is 22.9. The number of thioether (sulfide) groups is 1. The number of sulfone groups is 1. The standard InChI is InChI=1S/C23H23N5O3S2/c1-27(2)18-8-10-19(11-9-18)28-20-14-33(30,31)15-21(20)32-23(28)25-13-16(12-24)22(29)26-17-6-4-3-5-7-17/h3-11,13,20-21H,14-15H2,1-2H3,(H,26,29)/b16-13+,25-23?/t20-,21+/m1/s1. The number of anilines is 3. The van der Waals surface area contributed by atoms with Crippen molar-refractivity contribution in [2.45, 2.75) is 11.3 Å². The average Bonchev–Trinajstić information content (AvgIpc) is 3.25. The lowest BCUT2D eigenvalue weighted by Gasteiger charge is -2.25. The lowest BCUT2D eigenvalue weighted by Crippen LogP contribution is -2.37. The van der Waals surface area contributed by atoms with Gasteiger partial charge in [-0.15, -0.1) is 0 Å². The SMILES string of the molecule is CN(C)c1ccc(N2C(=N/C=C(\C#N)C(=O)Nc3ccccc3)S[C@H]3CS(=O)(=O)C[C@H]32)cc1. The molecule has 170 valence electrons. The molecule has 2 aromatic rings. The monoisotopic (exact) mass is 481 g/mol. The first-order chi connectivity index (χ1) is 15.8. The van der Waals surface area contributed by atoms with Crippen LogP contribution in [0.1, 0.15) is 0 Å². The molecule has 0 unspecified atom stereocenters.